The lowest BCUT2D eigenvalue weighted by atomic mass is 10.1. The van der Waals surface area contributed by atoms with E-state index in [9.17, 15) is 4.79 Å². The number of hydrogen-bond donors (Lipinski definition) is 2. The molecule has 0 saturated heterocycles. The van der Waals surface area contributed by atoms with Gasteiger partial charge in [0.15, 0.2) is 0 Å². The number of nitrogens with zero attached hydrogens (tertiary/aromatic N) is 2. The summed E-state index contributed by atoms with van der Waals surface area (Å²) in [5, 5.41) is 7.19. The molecular formula is C16H21BrN4O. The van der Waals surface area contributed by atoms with Gasteiger partial charge >= 0.3 is 0 Å². The third kappa shape index (κ3) is 3.16. The molecule has 0 aliphatic heterocycles. The number of amides is 1. The average Bonchev–Trinajstić information content (AvgIpc) is 2.77. The Hall–Kier alpha value is -1.82. The minimum atomic E-state index is -0.211. The molecule has 0 aliphatic carbocycles. The fraction of sp³-hybridized carbons (Fsp3) is 0.375. The summed E-state index contributed by atoms with van der Waals surface area (Å²) in [4.78, 5) is 12.5. The second-order valence-electron chi connectivity index (χ2n) is 6.36. The van der Waals surface area contributed by atoms with E-state index in [-0.39, 0.29) is 11.4 Å². The molecule has 2 aromatic rings. The normalized spacial score (nSPS) is 11.5. The topological polar surface area (TPSA) is 72.9 Å². The molecule has 3 N–H and O–H groups in total. The van der Waals surface area contributed by atoms with Gasteiger partial charge in [-0.25, -0.2) is 0 Å². The molecule has 2 rings (SSSR count). The first-order chi connectivity index (χ1) is 10.1. The zero-order valence-corrected chi connectivity index (χ0v) is 15.1. The maximum absolute atomic E-state index is 12.5. The molecule has 6 heteroatoms. The van der Waals surface area contributed by atoms with E-state index in [4.69, 9.17) is 5.73 Å². The van der Waals surface area contributed by atoms with Gasteiger partial charge < -0.3 is 11.1 Å². The van der Waals surface area contributed by atoms with Crippen LogP contribution >= 0.6 is 15.9 Å². The highest BCUT2D eigenvalue weighted by Gasteiger charge is 2.22. The van der Waals surface area contributed by atoms with Crippen LogP contribution in [0.5, 0.6) is 0 Å². The van der Waals surface area contributed by atoms with Gasteiger partial charge in [-0.05, 0) is 52.3 Å². The maximum atomic E-state index is 12.5. The van der Waals surface area contributed by atoms with Crippen LogP contribution in [0.2, 0.25) is 0 Å². The fourth-order valence-electron chi connectivity index (χ4n) is 2.36. The third-order valence-corrected chi connectivity index (χ3v) is 3.95. The van der Waals surface area contributed by atoms with E-state index in [1.54, 1.807) is 12.3 Å². The highest BCUT2D eigenvalue weighted by Crippen LogP contribution is 2.28. The van der Waals surface area contributed by atoms with Crippen molar-refractivity contribution in [2.24, 2.45) is 0 Å². The Morgan fingerprint density at radius 3 is 2.50 bits per heavy atom. The zero-order chi connectivity index (χ0) is 16.7. The van der Waals surface area contributed by atoms with Gasteiger partial charge in [0.1, 0.15) is 0 Å². The molecule has 0 atom stereocenters. The zero-order valence-electron chi connectivity index (χ0n) is 13.5. The van der Waals surface area contributed by atoms with Gasteiger partial charge in [0.2, 0.25) is 0 Å². The van der Waals surface area contributed by atoms with Crippen LogP contribution < -0.4 is 11.1 Å². The molecule has 1 aromatic carbocycles. The lowest BCUT2D eigenvalue weighted by Gasteiger charge is -2.21. The standard InChI is InChI=1S/C16H21BrN4O/c1-9-6-11(17)7-13(14(9)18)20-15(22)12-8-19-21(10(12)2)16(3,4)5/h6-8H,18H2,1-5H3,(H,20,22). The molecule has 1 aromatic heterocycles. The number of carbonyl (C=O) groups is 1. The van der Waals surface area contributed by atoms with Crippen molar-refractivity contribution >= 4 is 33.2 Å². The van der Waals surface area contributed by atoms with Gasteiger partial charge in [-0.3, -0.25) is 9.48 Å². The Labute approximate surface area is 139 Å². The average molecular weight is 365 g/mol. The fourth-order valence-corrected chi connectivity index (χ4v) is 2.93. The van der Waals surface area contributed by atoms with E-state index in [1.807, 2.05) is 45.4 Å². The van der Waals surface area contributed by atoms with Gasteiger partial charge in [-0.2, -0.15) is 5.10 Å². The lowest BCUT2D eigenvalue weighted by Crippen LogP contribution is -2.25. The van der Waals surface area contributed by atoms with Crippen molar-refractivity contribution < 1.29 is 4.79 Å². The van der Waals surface area contributed by atoms with E-state index in [1.165, 1.54) is 0 Å². The van der Waals surface area contributed by atoms with Gasteiger partial charge in [0.05, 0.1) is 28.7 Å². The Morgan fingerprint density at radius 1 is 1.32 bits per heavy atom. The molecule has 0 unspecified atom stereocenters. The Morgan fingerprint density at radius 2 is 1.95 bits per heavy atom. The highest BCUT2D eigenvalue weighted by atomic mass is 79.9. The number of anilines is 2. The van der Waals surface area contributed by atoms with E-state index >= 15 is 0 Å². The first kappa shape index (κ1) is 16.5. The smallest absolute Gasteiger partial charge is 0.259 e. The molecule has 5 nitrogen and oxygen atoms in total. The summed E-state index contributed by atoms with van der Waals surface area (Å²) in [5.41, 5.74) is 9.31. The summed E-state index contributed by atoms with van der Waals surface area (Å²) in [6.45, 7) is 9.93. The molecule has 1 heterocycles. The maximum Gasteiger partial charge on any atom is 0.259 e. The molecule has 118 valence electrons. The first-order valence-corrected chi connectivity index (χ1v) is 7.82. The molecular weight excluding hydrogens is 344 g/mol. The predicted molar refractivity (Wildman–Crippen MR) is 93.2 cm³/mol. The van der Waals surface area contributed by atoms with Crippen molar-refractivity contribution in [2.75, 3.05) is 11.1 Å². The second-order valence-corrected chi connectivity index (χ2v) is 7.28. The van der Waals surface area contributed by atoms with Crippen molar-refractivity contribution in [3.05, 3.63) is 39.6 Å². The molecule has 0 aliphatic rings. The molecule has 22 heavy (non-hydrogen) atoms. The molecule has 0 bridgehead atoms. The molecule has 1 amide bonds. The van der Waals surface area contributed by atoms with Crippen molar-refractivity contribution in [2.45, 2.75) is 40.2 Å². The predicted octanol–water partition coefficient (Wildman–Crippen LogP) is 3.85. The number of aromatic nitrogens is 2. The number of nitrogens with two attached hydrogens (primary N) is 1. The lowest BCUT2D eigenvalue weighted by molar-refractivity contribution is 0.102. The minimum Gasteiger partial charge on any atom is -0.397 e. The largest absolute Gasteiger partial charge is 0.397 e. The summed E-state index contributed by atoms with van der Waals surface area (Å²) in [6, 6.07) is 3.71. The van der Waals surface area contributed by atoms with Gasteiger partial charge in [-0.15, -0.1) is 0 Å². The molecule has 0 spiro atoms. The summed E-state index contributed by atoms with van der Waals surface area (Å²) in [6.07, 6.45) is 1.59. The number of halogens is 1. The van der Waals surface area contributed by atoms with Crippen molar-refractivity contribution in [1.29, 1.82) is 0 Å². The van der Waals surface area contributed by atoms with Crippen LogP contribution in [0.3, 0.4) is 0 Å². The SMILES string of the molecule is Cc1cc(Br)cc(NC(=O)c2cnn(C(C)(C)C)c2C)c1N. The second kappa shape index (κ2) is 5.76. The van der Waals surface area contributed by atoms with E-state index in [0.29, 0.717) is 16.9 Å². The third-order valence-electron chi connectivity index (χ3n) is 3.49. The summed E-state index contributed by atoms with van der Waals surface area (Å²) >= 11 is 3.41. The number of hydrogen-bond acceptors (Lipinski definition) is 3. The molecule has 0 radical (unpaired) electrons. The molecule has 0 saturated carbocycles. The van der Waals surface area contributed by atoms with E-state index in [2.05, 4.69) is 26.3 Å². The van der Waals surface area contributed by atoms with E-state index < -0.39 is 0 Å². The van der Waals surface area contributed by atoms with Gasteiger partial charge in [-0.1, -0.05) is 15.9 Å². The van der Waals surface area contributed by atoms with Crippen molar-refractivity contribution in [3.63, 3.8) is 0 Å². The first-order valence-electron chi connectivity index (χ1n) is 7.03. The summed E-state index contributed by atoms with van der Waals surface area (Å²) in [5.74, 6) is -0.211. The number of aryl methyl sites for hydroxylation is 1. The quantitative estimate of drug-likeness (QED) is 0.794. The van der Waals surface area contributed by atoms with Crippen LogP contribution in [0, 0.1) is 13.8 Å². The minimum absolute atomic E-state index is 0.173. The number of nitrogens with one attached hydrogen (secondary N) is 1. The number of nitrogen functional groups attached to an aromatic ring is 1. The highest BCUT2D eigenvalue weighted by molar-refractivity contribution is 9.10. The van der Waals surface area contributed by atoms with Crippen LogP contribution in [0.25, 0.3) is 0 Å². The van der Waals surface area contributed by atoms with Gasteiger partial charge in [0.25, 0.3) is 5.91 Å². The van der Waals surface area contributed by atoms with Crippen molar-refractivity contribution in [3.8, 4) is 0 Å². The summed E-state index contributed by atoms with van der Waals surface area (Å²) in [7, 11) is 0. The van der Waals surface area contributed by atoms with Crippen LogP contribution in [-0.2, 0) is 5.54 Å². The van der Waals surface area contributed by atoms with Crippen LogP contribution in [0.1, 0.15) is 42.4 Å². The van der Waals surface area contributed by atoms with Gasteiger partial charge in [0, 0.05) is 10.2 Å². The number of benzene rings is 1. The number of rotatable bonds is 2. The van der Waals surface area contributed by atoms with Crippen LogP contribution in [0.15, 0.2) is 22.8 Å². The summed E-state index contributed by atoms with van der Waals surface area (Å²) < 4.78 is 2.72. The number of carbonyl (C=O) groups excluding carboxylic acids is 1. The Kier molecular flexibility index (Phi) is 4.33. The monoisotopic (exact) mass is 364 g/mol. The van der Waals surface area contributed by atoms with Crippen LogP contribution in [-0.4, -0.2) is 15.7 Å². The van der Waals surface area contributed by atoms with Crippen LogP contribution in [0.4, 0.5) is 11.4 Å². The van der Waals surface area contributed by atoms with E-state index in [0.717, 1.165) is 15.7 Å². The molecule has 0 fully saturated rings. The van der Waals surface area contributed by atoms with Crippen molar-refractivity contribution in [1.82, 2.24) is 9.78 Å². The Bertz CT molecular complexity index is 728. The Balaban J connectivity index is 2.33.